The number of ether oxygens (including phenoxy) is 1. The van der Waals surface area contributed by atoms with Gasteiger partial charge in [0.05, 0.1) is 17.6 Å². The number of halogens is 1. The van der Waals surface area contributed by atoms with Crippen LogP contribution in [0.15, 0.2) is 60.9 Å². The number of imidazole rings is 1. The minimum atomic E-state index is -0.548. The predicted molar refractivity (Wildman–Crippen MR) is 129 cm³/mol. The summed E-state index contributed by atoms with van der Waals surface area (Å²) in [6, 6.07) is 13.9. The molecule has 34 heavy (non-hydrogen) atoms. The van der Waals surface area contributed by atoms with E-state index < -0.39 is 6.04 Å². The summed E-state index contributed by atoms with van der Waals surface area (Å²) in [7, 11) is 0. The van der Waals surface area contributed by atoms with Crippen LogP contribution in [0.4, 0.5) is 5.69 Å². The molecule has 1 aliphatic heterocycles. The Labute approximate surface area is 200 Å². The van der Waals surface area contributed by atoms with Crippen LogP contribution in [0.1, 0.15) is 33.4 Å². The molecule has 2 aromatic carbocycles. The Morgan fingerprint density at radius 1 is 1.24 bits per heavy atom. The smallest absolute Gasteiger partial charge is 0.253 e. The van der Waals surface area contributed by atoms with Gasteiger partial charge in [0.2, 0.25) is 0 Å². The van der Waals surface area contributed by atoms with Gasteiger partial charge in [0.25, 0.3) is 11.8 Å². The molecule has 0 bridgehead atoms. The molecule has 9 heteroatoms. The van der Waals surface area contributed by atoms with Crippen molar-refractivity contribution in [1.29, 1.82) is 0 Å². The normalized spacial score (nSPS) is 14.9. The zero-order valence-electron chi connectivity index (χ0n) is 18.4. The molecule has 2 amide bonds. The monoisotopic (exact) mass is 475 g/mol. The number of rotatable bonds is 5. The number of hydrogen-bond acceptors (Lipinski definition) is 5. The van der Waals surface area contributed by atoms with Gasteiger partial charge in [-0.25, -0.2) is 4.98 Å². The molecule has 3 heterocycles. The second kappa shape index (κ2) is 9.24. The van der Waals surface area contributed by atoms with Gasteiger partial charge >= 0.3 is 0 Å². The van der Waals surface area contributed by atoms with Crippen LogP contribution in [0.5, 0.6) is 0 Å². The van der Waals surface area contributed by atoms with Gasteiger partial charge in [0.15, 0.2) is 0 Å². The van der Waals surface area contributed by atoms with E-state index in [-0.39, 0.29) is 18.4 Å². The molecule has 8 nitrogen and oxygen atoms in total. The molecule has 0 spiro atoms. The first-order valence-electron chi connectivity index (χ1n) is 10.8. The number of aryl methyl sites for hydroxylation is 1. The number of pyridine rings is 1. The Hall–Kier alpha value is -3.75. The second-order valence-corrected chi connectivity index (χ2v) is 8.51. The van der Waals surface area contributed by atoms with E-state index >= 15 is 0 Å². The Bertz CT molecular complexity index is 1370. The van der Waals surface area contributed by atoms with E-state index in [2.05, 4.69) is 20.3 Å². The summed E-state index contributed by atoms with van der Waals surface area (Å²) in [5.74, 6) is 0.217. The Balaban J connectivity index is 1.45. The van der Waals surface area contributed by atoms with Crippen LogP contribution in [0.3, 0.4) is 0 Å². The van der Waals surface area contributed by atoms with Crippen LogP contribution in [-0.4, -0.2) is 46.5 Å². The molecule has 1 saturated heterocycles. The SMILES string of the molecule is Cc1cc(C(=O)NC(c2cccnc2)c2nc3ccc(Cl)cc3[nH]2)ccc1N1CCOCC1=O. The van der Waals surface area contributed by atoms with E-state index in [9.17, 15) is 9.59 Å². The fourth-order valence-electron chi connectivity index (χ4n) is 4.08. The lowest BCUT2D eigenvalue weighted by molar-refractivity contribution is -0.125. The Kier molecular flexibility index (Phi) is 6.00. The lowest BCUT2D eigenvalue weighted by Gasteiger charge is -2.28. The molecule has 0 radical (unpaired) electrons. The third-order valence-corrected chi connectivity index (χ3v) is 6.00. The van der Waals surface area contributed by atoms with Crippen LogP contribution in [-0.2, 0) is 9.53 Å². The quantitative estimate of drug-likeness (QED) is 0.457. The van der Waals surface area contributed by atoms with E-state index in [1.165, 1.54) is 0 Å². The second-order valence-electron chi connectivity index (χ2n) is 8.08. The molecule has 1 aliphatic rings. The maximum absolute atomic E-state index is 13.3. The predicted octanol–water partition coefficient (Wildman–Crippen LogP) is 3.80. The van der Waals surface area contributed by atoms with Gasteiger partial charge in [-0.15, -0.1) is 0 Å². The topological polar surface area (TPSA) is 100 Å². The van der Waals surface area contributed by atoms with E-state index in [1.807, 2.05) is 25.1 Å². The van der Waals surface area contributed by atoms with Crippen molar-refractivity contribution in [2.24, 2.45) is 0 Å². The van der Waals surface area contributed by atoms with E-state index in [1.54, 1.807) is 47.6 Å². The van der Waals surface area contributed by atoms with Crippen LogP contribution in [0, 0.1) is 6.92 Å². The van der Waals surface area contributed by atoms with Crippen molar-refractivity contribution in [3.05, 3.63) is 88.5 Å². The average molecular weight is 476 g/mol. The standard InChI is InChI=1S/C25H22ClN5O3/c1-15-11-16(4-7-21(15)31-9-10-34-14-22(31)32)25(33)30-23(17-3-2-8-27-13-17)24-28-19-6-5-18(26)12-20(19)29-24/h2-8,11-13,23H,9-10,14H2,1H3,(H,28,29)(H,30,33). The fourth-order valence-corrected chi connectivity index (χ4v) is 4.25. The molecule has 1 atom stereocenters. The minimum absolute atomic E-state index is 0.0666. The maximum Gasteiger partial charge on any atom is 0.253 e. The number of fused-ring (bicyclic) bond motifs is 1. The molecule has 1 unspecified atom stereocenters. The number of hydrogen-bond donors (Lipinski definition) is 2. The van der Waals surface area contributed by atoms with Crippen molar-refractivity contribution < 1.29 is 14.3 Å². The van der Waals surface area contributed by atoms with Gasteiger partial charge in [-0.05, 0) is 55.0 Å². The van der Waals surface area contributed by atoms with Gasteiger partial charge in [-0.2, -0.15) is 0 Å². The zero-order chi connectivity index (χ0) is 23.7. The van der Waals surface area contributed by atoms with Gasteiger partial charge in [0, 0.05) is 40.8 Å². The first-order chi connectivity index (χ1) is 16.5. The summed E-state index contributed by atoms with van der Waals surface area (Å²) < 4.78 is 5.21. The van der Waals surface area contributed by atoms with E-state index in [4.69, 9.17) is 16.3 Å². The molecule has 0 aliphatic carbocycles. The number of anilines is 1. The number of benzene rings is 2. The van der Waals surface area contributed by atoms with E-state index in [0.29, 0.717) is 29.6 Å². The number of nitrogens with one attached hydrogen (secondary N) is 2. The number of aromatic amines is 1. The summed E-state index contributed by atoms with van der Waals surface area (Å²) >= 11 is 6.12. The molecule has 4 aromatic rings. The fraction of sp³-hybridized carbons (Fsp3) is 0.200. The zero-order valence-corrected chi connectivity index (χ0v) is 19.2. The maximum atomic E-state index is 13.3. The van der Waals surface area contributed by atoms with Crippen LogP contribution in [0.2, 0.25) is 5.02 Å². The van der Waals surface area contributed by atoms with Crippen molar-refractivity contribution in [3.63, 3.8) is 0 Å². The molecular weight excluding hydrogens is 454 g/mol. The van der Waals surface area contributed by atoms with Crippen molar-refractivity contribution in [3.8, 4) is 0 Å². The third kappa shape index (κ3) is 4.37. The highest BCUT2D eigenvalue weighted by Gasteiger charge is 2.24. The number of amides is 2. The number of carbonyl (C=O) groups excluding carboxylic acids is 2. The van der Waals surface area contributed by atoms with Crippen LogP contribution < -0.4 is 10.2 Å². The van der Waals surface area contributed by atoms with Crippen molar-refractivity contribution in [2.45, 2.75) is 13.0 Å². The number of nitrogens with zero attached hydrogens (tertiary/aromatic N) is 3. The highest BCUT2D eigenvalue weighted by Crippen LogP contribution is 2.26. The molecule has 0 saturated carbocycles. The Morgan fingerprint density at radius 3 is 2.88 bits per heavy atom. The summed E-state index contributed by atoms with van der Waals surface area (Å²) in [4.78, 5) is 39.3. The molecule has 1 fully saturated rings. The van der Waals surface area contributed by atoms with Crippen molar-refractivity contribution in [2.75, 3.05) is 24.7 Å². The number of H-pyrrole nitrogens is 1. The number of morpholine rings is 1. The van der Waals surface area contributed by atoms with Gasteiger partial charge in [-0.1, -0.05) is 17.7 Å². The first-order valence-corrected chi connectivity index (χ1v) is 11.2. The molecule has 172 valence electrons. The minimum Gasteiger partial charge on any atom is -0.370 e. The van der Waals surface area contributed by atoms with Gasteiger partial charge in [-0.3, -0.25) is 14.6 Å². The molecule has 5 rings (SSSR count). The Morgan fingerprint density at radius 2 is 2.12 bits per heavy atom. The van der Waals surface area contributed by atoms with Gasteiger partial charge < -0.3 is 19.9 Å². The third-order valence-electron chi connectivity index (χ3n) is 5.76. The summed E-state index contributed by atoms with van der Waals surface area (Å²) in [5, 5.41) is 3.67. The summed E-state index contributed by atoms with van der Waals surface area (Å²) in [6.07, 6.45) is 3.37. The van der Waals surface area contributed by atoms with Crippen LogP contribution in [0.25, 0.3) is 11.0 Å². The van der Waals surface area contributed by atoms with Crippen molar-refractivity contribution in [1.82, 2.24) is 20.3 Å². The first kappa shape index (κ1) is 22.1. The molecule has 2 N–H and O–H groups in total. The van der Waals surface area contributed by atoms with E-state index in [0.717, 1.165) is 27.8 Å². The highest BCUT2D eigenvalue weighted by atomic mass is 35.5. The summed E-state index contributed by atoms with van der Waals surface area (Å²) in [5.41, 5.74) is 4.41. The largest absolute Gasteiger partial charge is 0.370 e. The number of aromatic nitrogens is 3. The molecular formula is C25H22ClN5O3. The van der Waals surface area contributed by atoms with Gasteiger partial charge in [0.1, 0.15) is 18.5 Å². The van der Waals surface area contributed by atoms with Crippen molar-refractivity contribution >= 4 is 40.1 Å². The average Bonchev–Trinajstić information content (AvgIpc) is 3.26. The lowest BCUT2D eigenvalue weighted by atomic mass is 10.1. The van der Waals surface area contributed by atoms with Crippen LogP contribution >= 0.6 is 11.6 Å². The highest BCUT2D eigenvalue weighted by molar-refractivity contribution is 6.31. The number of carbonyl (C=O) groups is 2. The molecule has 2 aromatic heterocycles. The summed E-state index contributed by atoms with van der Waals surface area (Å²) in [6.45, 7) is 2.93. The lowest BCUT2D eigenvalue weighted by Crippen LogP contribution is -2.42.